The van der Waals surface area contributed by atoms with Gasteiger partial charge in [0.15, 0.2) is 0 Å². The lowest BCUT2D eigenvalue weighted by molar-refractivity contribution is 0.0669. The second-order valence-electron chi connectivity index (χ2n) is 7.05. The molecule has 2 aromatic heterocycles. The Morgan fingerprint density at radius 2 is 2.14 bits per heavy atom. The summed E-state index contributed by atoms with van der Waals surface area (Å²) in [6.45, 7) is 4.42. The second kappa shape index (κ2) is 8.10. The van der Waals surface area contributed by atoms with Gasteiger partial charge in [-0.1, -0.05) is 12.1 Å². The lowest BCUT2D eigenvalue weighted by atomic mass is 10.1. The van der Waals surface area contributed by atoms with Crippen molar-refractivity contribution in [1.82, 2.24) is 14.9 Å². The highest BCUT2D eigenvalue weighted by Gasteiger charge is 2.37. The van der Waals surface area contributed by atoms with Gasteiger partial charge in [-0.2, -0.15) is 0 Å². The number of amides is 1. The van der Waals surface area contributed by atoms with Crippen LogP contribution in [0.25, 0.3) is 0 Å². The van der Waals surface area contributed by atoms with Crippen molar-refractivity contribution in [3.63, 3.8) is 0 Å². The number of pyridine rings is 1. The number of carbonyl (C=O) groups excluding carboxylic acids is 1. The molecule has 0 aliphatic heterocycles. The molecule has 28 heavy (non-hydrogen) atoms. The fourth-order valence-corrected chi connectivity index (χ4v) is 3.87. The molecule has 0 spiro atoms. The predicted octanol–water partition coefficient (Wildman–Crippen LogP) is 4.79. The van der Waals surface area contributed by atoms with Crippen molar-refractivity contribution in [2.24, 2.45) is 0 Å². The van der Waals surface area contributed by atoms with E-state index >= 15 is 0 Å². The average Bonchev–Trinajstić information content (AvgIpc) is 3.47. The normalized spacial score (nSPS) is 14.5. The topological polar surface area (TPSA) is 55.3 Å². The van der Waals surface area contributed by atoms with Gasteiger partial charge in [-0.25, -0.2) is 4.98 Å². The minimum Gasteiger partial charge on any atom is -0.487 e. The molecule has 1 atom stereocenters. The van der Waals surface area contributed by atoms with Crippen LogP contribution in [0.3, 0.4) is 0 Å². The van der Waals surface area contributed by atoms with Crippen molar-refractivity contribution in [1.29, 1.82) is 0 Å². The number of benzene rings is 1. The maximum Gasteiger partial charge on any atom is 0.254 e. The summed E-state index contributed by atoms with van der Waals surface area (Å²) in [7, 11) is 0. The average molecular weight is 394 g/mol. The first kappa shape index (κ1) is 18.6. The van der Waals surface area contributed by atoms with Crippen molar-refractivity contribution in [2.75, 3.05) is 0 Å². The van der Waals surface area contributed by atoms with Crippen LogP contribution in [-0.4, -0.2) is 26.8 Å². The fourth-order valence-electron chi connectivity index (χ4n) is 3.28. The summed E-state index contributed by atoms with van der Waals surface area (Å²) in [6, 6.07) is 13.5. The summed E-state index contributed by atoms with van der Waals surface area (Å²) < 4.78 is 5.86. The minimum absolute atomic E-state index is 0.0237. The van der Waals surface area contributed by atoms with Crippen molar-refractivity contribution >= 4 is 17.2 Å². The summed E-state index contributed by atoms with van der Waals surface area (Å²) in [5, 5.41) is 3.01. The Morgan fingerprint density at radius 3 is 2.82 bits per heavy atom. The third-order valence-electron chi connectivity index (χ3n) is 4.84. The van der Waals surface area contributed by atoms with Gasteiger partial charge >= 0.3 is 0 Å². The first-order chi connectivity index (χ1) is 13.6. The summed E-state index contributed by atoms with van der Waals surface area (Å²) in [4.78, 5) is 24.1. The first-order valence-corrected chi connectivity index (χ1v) is 10.4. The monoisotopic (exact) mass is 393 g/mol. The van der Waals surface area contributed by atoms with Gasteiger partial charge in [0.2, 0.25) is 0 Å². The molecule has 0 saturated heterocycles. The highest BCUT2D eigenvalue weighted by Crippen LogP contribution is 2.35. The Bertz CT molecular complexity index is 953. The van der Waals surface area contributed by atoms with Gasteiger partial charge in [-0.3, -0.25) is 9.78 Å². The minimum atomic E-state index is -0.0660. The maximum atomic E-state index is 13.3. The standard InChI is InChI=1S/C22H23N3O2S/c1-15(21-8-3-4-11-23-21)25(19-9-10-19)22(26)17-6-5-7-20(12-17)27-13-18-14-28-16(2)24-18/h3-8,11-12,14-15,19H,9-10,13H2,1-2H3. The summed E-state index contributed by atoms with van der Waals surface area (Å²) in [5.74, 6) is 0.702. The van der Waals surface area contributed by atoms with E-state index in [1.165, 1.54) is 0 Å². The molecule has 1 saturated carbocycles. The summed E-state index contributed by atoms with van der Waals surface area (Å²) in [5.41, 5.74) is 2.46. The van der Waals surface area contributed by atoms with Crippen LogP contribution in [0.5, 0.6) is 5.75 Å². The van der Waals surface area contributed by atoms with Gasteiger partial charge in [0.1, 0.15) is 12.4 Å². The van der Waals surface area contributed by atoms with Gasteiger partial charge in [-0.15, -0.1) is 11.3 Å². The number of rotatable bonds is 7. The Morgan fingerprint density at radius 1 is 1.29 bits per heavy atom. The molecule has 1 amide bonds. The van der Waals surface area contributed by atoms with Crippen LogP contribution >= 0.6 is 11.3 Å². The zero-order valence-corrected chi connectivity index (χ0v) is 16.9. The molecule has 0 radical (unpaired) electrons. The fraction of sp³-hybridized carbons (Fsp3) is 0.318. The number of aromatic nitrogens is 2. The van der Waals surface area contributed by atoms with Gasteiger partial charge in [0.05, 0.1) is 22.4 Å². The van der Waals surface area contributed by atoms with E-state index < -0.39 is 0 Å². The highest BCUT2D eigenvalue weighted by molar-refractivity contribution is 7.09. The molecule has 3 aromatic rings. The number of thiazole rings is 1. The van der Waals surface area contributed by atoms with Crippen LogP contribution in [0.15, 0.2) is 54.0 Å². The van der Waals surface area contributed by atoms with Crippen LogP contribution in [0, 0.1) is 6.92 Å². The van der Waals surface area contributed by atoms with Gasteiger partial charge < -0.3 is 9.64 Å². The van der Waals surface area contributed by atoms with Crippen molar-refractivity contribution in [3.8, 4) is 5.75 Å². The molecule has 1 aliphatic rings. The zero-order valence-electron chi connectivity index (χ0n) is 16.0. The van der Waals surface area contributed by atoms with Crippen LogP contribution in [-0.2, 0) is 6.61 Å². The lowest BCUT2D eigenvalue weighted by Crippen LogP contribution is -2.35. The molecule has 144 valence electrons. The van der Waals surface area contributed by atoms with E-state index in [2.05, 4.69) is 9.97 Å². The van der Waals surface area contributed by atoms with Crippen molar-refractivity contribution < 1.29 is 9.53 Å². The van der Waals surface area contributed by atoms with E-state index in [1.807, 2.05) is 66.6 Å². The smallest absolute Gasteiger partial charge is 0.254 e. The molecule has 4 rings (SSSR count). The Hall–Kier alpha value is -2.73. The van der Waals surface area contributed by atoms with Gasteiger partial charge in [-0.05, 0) is 57.0 Å². The Kier molecular flexibility index (Phi) is 5.39. The molecule has 0 bridgehead atoms. The lowest BCUT2D eigenvalue weighted by Gasteiger charge is -2.29. The van der Waals surface area contributed by atoms with E-state index in [9.17, 15) is 4.79 Å². The SMILES string of the molecule is Cc1nc(COc2cccc(C(=O)N(C3CC3)C(C)c3ccccn3)c2)cs1. The molecule has 1 fully saturated rings. The largest absolute Gasteiger partial charge is 0.487 e. The molecule has 1 aliphatic carbocycles. The third kappa shape index (κ3) is 4.22. The number of hydrogen-bond donors (Lipinski definition) is 0. The Balaban J connectivity index is 1.51. The van der Waals surface area contributed by atoms with Crippen LogP contribution in [0.1, 0.15) is 52.6 Å². The van der Waals surface area contributed by atoms with Crippen LogP contribution < -0.4 is 4.74 Å². The molecule has 5 nitrogen and oxygen atoms in total. The van der Waals surface area contributed by atoms with E-state index in [0.29, 0.717) is 17.9 Å². The molecule has 1 unspecified atom stereocenters. The molecule has 1 aromatic carbocycles. The van der Waals surface area contributed by atoms with Crippen LogP contribution in [0.2, 0.25) is 0 Å². The first-order valence-electron chi connectivity index (χ1n) is 9.49. The quantitative estimate of drug-likeness (QED) is 0.579. The van der Waals surface area contributed by atoms with Gasteiger partial charge in [0, 0.05) is 23.2 Å². The summed E-state index contributed by atoms with van der Waals surface area (Å²) >= 11 is 1.60. The highest BCUT2D eigenvalue weighted by atomic mass is 32.1. The number of nitrogens with zero attached hydrogens (tertiary/aromatic N) is 3. The predicted molar refractivity (Wildman–Crippen MR) is 109 cm³/mol. The number of ether oxygens (including phenoxy) is 1. The van der Waals surface area contributed by atoms with Crippen molar-refractivity contribution in [3.05, 3.63) is 76.0 Å². The molecular formula is C22H23N3O2S. The molecule has 2 heterocycles. The Labute approximate surface area is 169 Å². The molecule has 0 N–H and O–H groups in total. The molecule has 6 heteroatoms. The van der Waals surface area contributed by atoms with Crippen LogP contribution in [0.4, 0.5) is 0 Å². The van der Waals surface area contributed by atoms with E-state index in [0.717, 1.165) is 29.2 Å². The number of carbonyl (C=O) groups is 1. The van der Waals surface area contributed by atoms with Gasteiger partial charge in [0.25, 0.3) is 5.91 Å². The van der Waals surface area contributed by atoms with E-state index in [-0.39, 0.29) is 18.0 Å². The van der Waals surface area contributed by atoms with E-state index in [1.54, 1.807) is 17.5 Å². The second-order valence-corrected chi connectivity index (χ2v) is 8.11. The molecular weight excluding hydrogens is 370 g/mol. The number of hydrogen-bond acceptors (Lipinski definition) is 5. The summed E-state index contributed by atoms with van der Waals surface area (Å²) in [6.07, 6.45) is 3.86. The zero-order chi connectivity index (χ0) is 19.5. The number of aryl methyl sites for hydroxylation is 1. The van der Waals surface area contributed by atoms with Crippen molar-refractivity contribution in [2.45, 2.75) is 45.4 Å². The van der Waals surface area contributed by atoms with E-state index in [4.69, 9.17) is 4.74 Å². The maximum absolute atomic E-state index is 13.3. The third-order valence-corrected chi connectivity index (χ3v) is 5.66.